The highest BCUT2D eigenvalue weighted by molar-refractivity contribution is 7.87. The van der Waals surface area contributed by atoms with Gasteiger partial charge >= 0.3 is 0 Å². The van der Waals surface area contributed by atoms with E-state index in [0.717, 1.165) is 5.25 Å². The number of rotatable bonds is 1. The van der Waals surface area contributed by atoms with Crippen molar-refractivity contribution in [3.63, 3.8) is 0 Å². The number of hydrogen-bond donors (Lipinski definition) is 1. The Hall–Kier alpha value is 0.110. The first-order valence-electron chi connectivity index (χ1n) is 3.30. The van der Waals surface area contributed by atoms with Gasteiger partial charge < -0.3 is 5.32 Å². The maximum Gasteiger partial charge on any atom is 0.0346 e. The minimum atomic E-state index is 0.310. The Morgan fingerprint density at radius 2 is 2.44 bits per heavy atom. The third-order valence-electron chi connectivity index (χ3n) is 1.79. The standard InChI is InChI=1S/C6H14N2S/c1-7-9(2)6-3-4-8-5-6/h6,8H,3-5H2,1-2H3. The number of nitrogens with one attached hydrogen (secondary N) is 1. The first-order valence-corrected chi connectivity index (χ1v) is 4.95. The molecule has 0 aromatic carbocycles. The maximum atomic E-state index is 4.26. The SMILES string of the molecule is C/N=S(/C)C1CCNC1. The van der Waals surface area contributed by atoms with Crippen LogP contribution in [0.25, 0.3) is 0 Å². The molecule has 0 radical (unpaired) electrons. The summed E-state index contributed by atoms with van der Waals surface area (Å²) in [5.41, 5.74) is 0. The molecule has 0 spiro atoms. The van der Waals surface area contributed by atoms with E-state index >= 15 is 0 Å². The summed E-state index contributed by atoms with van der Waals surface area (Å²) in [4.78, 5) is 0. The Labute approximate surface area is 59.1 Å². The van der Waals surface area contributed by atoms with Crippen LogP contribution in [0.1, 0.15) is 6.42 Å². The molecule has 1 aliphatic heterocycles. The van der Waals surface area contributed by atoms with E-state index in [1.54, 1.807) is 0 Å². The molecule has 0 aromatic rings. The Bertz CT molecular complexity index is 116. The Morgan fingerprint density at radius 3 is 2.89 bits per heavy atom. The normalized spacial score (nSPS) is 31.1. The van der Waals surface area contributed by atoms with Crippen molar-refractivity contribution < 1.29 is 0 Å². The van der Waals surface area contributed by atoms with Gasteiger partial charge in [-0.25, -0.2) is 0 Å². The summed E-state index contributed by atoms with van der Waals surface area (Å²) in [6.45, 7) is 2.37. The molecule has 0 amide bonds. The monoisotopic (exact) mass is 146 g/mol. The average Bonchev–Trinajstić information content (AvgIpc) is 2.37. The largest absolute Gasteiger partial charge is 0.316 e. The van der Waals surface area contributed by atoms with Crippen LogP contribution in [0.3, 0.4) is 0 Å². The molecule has 0 saturated carbocycles. The molecule has 1 N–H and O–H groups in total. The zero-order valence-corrected chi connectivity index (χ0v) is 6.87. The fourth-order valence-electron chi connectivity index (χ4n) is 1.07. The van der Waals surface area contributed by atoms with Gasteiger partial charge in [0.2, 0.25) is 0 Å². The maximum absolute atomic E-state index is 4.26. The van der Waals surface area contributed by atoms with Crippen LogP contribution in [0.2, 0.25) is 0 Å². The second-order valence-electron chi connectivity index (χ2n) is 2.32. The minimum absolute atomic E-state index is 0.310. The van der Waals surface area contributed by atoms with Crippen molar-refractivity contribution >= 4 is 10.7 Å². The van der Waals surface area contributed by atoms with Gasteiger partial charge in [-0.05, 0) is 19.2 Å². The fourth-order valence-corrected chi connectivity index (χ4v) is 2.18. The summed E-state index contributed by atoms with van der Waals surface area (Å²) in [5, 5.41) is 4.16. The van der Waals surface area contributed by atoms with Gasteiger partial charge in [-0.2, -0.15) is 0 Å². The van der Waals surface area contributed by atoms with Gasteiger partial charge in [0.05, 0.1) is 0 Å². The van der Waals surface area contributed by atoms with Crippen LogP contribution in [0.4, 0.5) is 0 Å². The summed E-state index contributed by atoms with van der Waals surface area (Å²) < 4.78 is 4.26. The molecule has 54 valence electrons. The van der Waals surface area contributed by atoms with Crippen molar-refractivity contribution in [1.29, 1.82) is 0 Å². The quantitative estimate of drug-likeness (QED) is 0.569. The van der Waals surface area contributed by atoms with Crippen LogP contribution in [-0.2, 0) is 10.7 Å². The average molecular weight is 146 g/mol. The number of nitrogens with zero attached hydrogens (tertiary/aromatic N) is 1. The highest BCUT2D eigenvalue weighted by atomic mass is 32.2. The molecule has 1 heterocycles. The van der Waals surface area contributed by atoms with Crippen LogP contribution in [-0.4, -0.2) is 31.6 Å². The van der Waals surface area contributed by atoms with E-state index in [4.69, 9.17) is 0 Å². The van der Waals surface area contributed by atoms with Crippen molar-refractivity contribution in [3.05, 3.63) is 0 Å². The molecule has 2 unspecified atom stereocenters. The molecule has 2 nitrogen and oxygen atoms in total. The van der Waals surface area contributed by atoms with E-state index in [0.29, 0.717) is 10.7 Å². The van der Waals surface area contributed by atoms with Gasteiger partial charge in [0.25, 0.3) is 0 Å². The first-order chi connectivity index (χ1) is 4.34. The van der Waals surface area contributed by atoms with Crippen LogP contribution in [0.15, 0.2) is 4.36 Å². The van der Waals surface area contributed by atoms with Crippen molar-refractivity contribution in [3.8, 4) is 0 Å². The molecule has 2 atom stereocenters. The molecule has 0 bridgehead atoms. The van der Waals surface area contributed by atoms with E-state index in [9.17, 15) is 0 Å². The lowest BCUT2D eigenvalue weighted by atomic mass is 10.4. The van der Waals surface area contributed by atoms with E-state index in [1.807, 2.05) is 7.05 Å². The summed E-state index contributed by atoms with van der Waals surface area (Å²) in [6, 6.07) is 0. The van der Waals surface area contributed by atoms with Gasteiger partial charge in [-0.1, -0.05) is 0 Å². The Balaban J connectivity index is 2.42. The highest BCUT2D eigenvalue weighted by Gasteiger charge is 2.14. The lowest BCUT2D eigenvalue weighted by molar-refractivity contribution is 0.858. The van der Waals surface area contributed by atoms with Gasteiger partial charge in [0, 0.05) is 18.8 Å². The van der Waals surface area contributed by atoms with Crippen LogP contribution in [0.5, 0.6) is 0 Å². The predicted molar refractivity (Wildman–Crippen MR) is 42.9 cm³/mol. The third kappa shape index (κ3) is 1.76. The predicted octanol–water partition coefficient (Wildman–Crippen LogP) is 0.410. The molecule has 3 heteroatoms. The van der Waals surface area contributed by atoms with Gasteiger partial charge in [-0.15, -0.1) is 10.7 Å². The minimum Gasteiger partial charge on any atom is -0.316 e. The summed E-state index contributed by atoms with van der Waals surface area (Å²) in [5.74, 6) is 0. The topological polar surface area (TPSA) is 24.4 Å². The molecule has 9 heavy (non-hydrogen) atoms. The van der Waals surface area contributed by atoms with Crippen LogP contribution < -0.4 is 5.32 Å². The Kier molecular flexibility index (Phi) is 2.66. The molecule has 1 aliphatic rings. The highest BCUT2D eigenvalue weighted by Crippen LogP contribution is 2.05. The first kappa shape index (κ1) is 7.22. The smallest absolute Gasteiger partial charge is 0.0346 e. The molecule has 1 fully saturated rings. The fraction of sp³-hybridized carbons (Fsp3) is 1.00. The Morgan fingerprint density at radius 1 is 1.67 bits per heavy atom. The number of hydrogen-bond acceptors (Lipinski definition) is 2. The van der Waals surface area contributed by atoms with Crippen molar-refractivity contribution in [2.24, 2.45) is 4.36 Å². The zero-order chi connectivity index (χ0) is 6.69. The van der Waals surface area contributed by atoms with E-state index in [2.05, 4.69) is 15.9 Å². The van der Waals surface area contributed by atoms with Crippen LogP contribution >= 0.6 is 0 Å². The van der Waals surface area contributed by atoms with E-state index < -0.39 is 0 Å². The van der Waals surface area contributed by atoms with Gasteiger partial charge in [0.1, 0.15) is 0 Å². The van der Waals surface area contributed by atoms with Crippen molar-refractivity contribution in [2.45, 2.75) is 11.7 Å². The molecule has 1 rings (SSSR count). The molecular weight excluding hydrogens is 132 g/mol. The van der Waals surface area contributed by atoms with Gasteiger partial charge in [-0.3, -0.25) is 4.36 Å². The molecule has 0 aliphatic carbocycles. The second-order valence-corrected chi connectivity index (χ2v) is 4.40. The second kappa shape index (κ2) is 3.32. The van der Waals surface area contributed by atoms with Crippen molar-refractivity contribution in [1.82, 2.24) is 5.32 Å². The zero-order valence-electron chi connectivity index (χ0n) is 6.05. The van der Waals surface area contributed by atoms with Crippen molar-refractivity contribution in [2.75, 3.05) is 26.4 Å². The van der Waals surface area contributed by atoms with E-state index in [-0.39, 0.29) is 0 Å². The third-order valence-corrected chi connectivity index (χ3v) is 3.73. The molecule has 0 aromatic heterocycles. The molecular formula is C6H14N2S. The van der Waals surface area contributed by atoms with Crippen LogP contribution in [0, 0.1) is 0 Å². The van der Waals surface area contributed by atoms with E-state index in [1.165, 1.54) is 19.5 Å². The lowest BCUT2D eigenvalue weighted by Gasteiger charge is -2.06. The van der Waals surface area contributed by atoms with Gasteiger partial charge in [0.15, 0.2) is 0 Å². The summed E-state index contributed by atoms with van der Waals surface area (Å²) in [6.07, 6.45) is 3.54. The molecule has 1 saturated heterocycles. The lowest BCUT2D eigenvalue weighted by Crippen LogP contribution is -2.17. The summed E-state index contributed by atoms with van der Waals surface area (Å²) in [7, 11) is 2.23. The summed E-state index contributed by atoms with van der Waals surface area (Å²) >= 11 is 0.